The van der Waals surface area contributed by atoms with E-state index in [1.165, 1.54) is 12.3 Å². The molecule has 1 aliphatic heterocycles. The van der Waals surface area contributed by atoms with Crippen LogP contribution in [0.15, 0.2) is 84.8 Å². The number of aliphatic hydroxyl groups excluding tert-OH is 1. The van der Waals surface area contributed by atoms with Crippen LogP contribution in [-0.4, -0.2) is 16.9 Å². The Hall–Kier alpha value is -3.25. The zero-order valence-electron chi connectivity index (χ0n) is 18.4. The Morgan fingerprint density at radius 2 is 1.74 bits per heavy atom. The number of Topliss-reactive ketones (excluding diaryl/α,β-unsaturated/α-hetero) is 1. The van der Waals surface area contributed by atoms with Crippen molar-refractivity contribution < 1.29 is 23.1 Å². The molecule has 3 aromatic carbocycles. The highest BCUT2D eigenvalue weighted by Crippen LogP contribution is 2.37. The third kappa shape index (κ3) is 5.12. The summed E-state index contributed by atoms with van der Waals surface area (Å²) < 4.78 is 39.9. The minimum atomic E-state index is -4.55. The van der Waals surface area contributed by atoms with Gasteiger partial charge in [0.05, 0.1) is 16.8 Å². The first-order valence-electron chi connectivity index (χ1n) is 10.9. The molecule has 0 spiro atoms. The molecule has 0 amide bonds. The van der Waals surface area contributed by atoms with Gasteiger partial charge in [-0.2, -0.15) is 13.2 Å². The minimum Gasteiger partial charge on any atom is -0.503 e. The molecule has 0 bridgehead atoms. The Kier molecular flexibility index (Phi) is 6.71. The van der Waals surface area contributed by atoms with Crippen molar-refractivity contribution in [1.29, 1.82) is 0 Å². The van der Waals surface area contributed by atoms with E-state index in [0.29, 0.717) is 12.0 Å². The largest absolute Gasteiger partial charge is 0.503 e. The molecule has 0 saturated heterocycles. The molecule has 0 radical (unpaired) electrons. The van der Waals surface area contributed by atoms with E-state index < -0.39 is 11.7 Å². The number of allylic oxidation sites excluding steroid dienone is 1. The Bertz CT molecular complexity index is 1220. The van der Waals surface area contributed by atoms with E-state index >= 15 is 0 Å². The van der Waals surface area contributed by atoms with Crippen LogP contribution in [0.4, 0.5) is 18.9 Å². The van der Waals surface area contributed by atoms with Gasteiger partial charge in [-0.3, -0.25) is 4.79 Å². The standard InChI is InChI=1S/C27H23ClF3NO2/c1-17(12-18-10-11-23(28)22(13-18)27(29,30)31)24-15-25(33)26(34)16-32(24)21-9-5-8-20(14-21)19-6-3-2-4-7-19/h2-11,13-14,16-17,24,34H,12,15H2,1H3. The summed E-state index contributed by atoms with van der Waals surface area (Å²) in [6, 6.07) is 21.1. The third-order valence-corrected chi connectivity index (χ3v) is 6.43. The second kappa shape index (κ2) is 9.55. The molecule has 7 heteroatoms. The van der Waals surface area contributed by atoms with Gasteiger partial charge >= 0.3 is 6.18 Å². The van der Waals surface area contributed by atoms with Gasteiger partial charge in [-0.25, -0.2) is 0 Å². The molecule has 4 rings (SSSR count). The molecular formula is C27H23ClF3NO2. The fraction of sp³-hybridized carbons (Fsp3) is 0.222. The molecule has 0 aromatic heterocycles. The fourth-order valence-electron chi connectivity index (χ4n) is 4.33. The number of carbonyl (C=O) groups is 1. The lowest BCUT2D eigenvalue weighted by Gasteiger charge is -2.37. The van der Waals surface area contributed by atoms with Crippen LogP contribution in [-0.2, 0) is 17.4 Å². The molecule has 1 aliphatic rings. The first-order valence-corrected chi connectivity index (χ1v) is 11.2. The predicted molar refractivity (Wildman–Crippen MR) is 128 cm³/mol. The third-order valence-electron chi connectivity index (χ3n) is 6.10. The van der Waals surface area contributed by atoms with Gasteiger partial charge in [0.1, 0.15) is 0 Å². The van der Waals surface area contributed by atoms with Crippen molar-refractivity contribution in [3.05, 3.63) is 101 Å². The summed E-state index contributed by atoms with van der Waals surface area (Å²) in [6.07, 6.45) is -2.77. The Balaban J connectivity index is 1.65. The van der Waals surface area contributed by atoms with Crippen molar-refractivity contribution in [3.63, 3.8) is 0 Å². The van der Waals surface area contributed by atoms with E-state index in [0.717, 1.165) is 22.9 Å². The monoisotopic (exact) mass is 485 g/mol. The van der Waals surface area contributed by atoms with E-state index in [-0.39, 0.29) is 34.9 Å². The van der Waals surface area contributed by atoms with Gasteiger partial charge in [-0.05, 0) is 53.3 Å². The number of anilines is 1. The molecule has 2 unspecified atom stereocenters. The molecule has 3 aromatic rings. The normalized spacial score (nSPS) is 17.4. The first-order chi connectivity index (χ1) is 16.1. The van der Waals surface area contributed by atoms with E-state index in [1.54, 1.807) is 6.07 Å². The zero-order chi connectivity index (χ0) is 24.5. The molecule has 3 nitrogen and oxygen atoms in total. The summed E-state index contributed by atoms with van der Waals surface area (Å²) in [6.45, 7) is 1.89. The number of rotatable bonds is 5. The van der Waals surface area contributed by atoms with Crippen molar-refractivity contribution in [2.75, 3.05) is 4.90 Å². The van der Waals surface area contributed by atoms with Gasteiger partial charge in [0.2, 0.25) is 5.78 Å². The van der Waals surface area contributed by atoms with Gasteiger partial charge in [0.25, 0.3) is 0 Å². The summed E-state index contributed by atoms with van der Waals surface area (Å²) >= 11 is 5.76. The smallest absolute Gasteiger partial charge is 0.417 e. The molecule has 0 saturated carbocycles. The maximum Gasteiger partial charge on any atom is 0.417 e. The van der Waals surface area contributed by atoms with Crippen LogP contribution in [0.25, 0.3) is 11.1 Å². The lowest BCUT2D eigenvalue weighted by molar-refractivity contribution is -0.137. The van der Waals surface area contributed by atoms with Gasteiger partial charge in [0.15, 0.2) is 5.76 Å². The van der Waals surface area contributed by atoms with Crippen LogP contribution in [0, 0.1) is 5.92 Å². The number of halogens is 4. The lowest BCUT2D eigenvalue weighted by atomic mass is 9.87. The van der Waals surface area contributed by atoms with Crippen LogP contribution < -0.4 is 4.90 Å². The van der Waals surface area contributed by atoms with Crippen molar-refractivity contribution >= 4 is 23.1 Å². The van der Waals surface area contributed by atoms with Crippen molar-refractivity contribution in [1.82, 2.24) is 0 Å². The molecule has 176 valence electrons. The number of hydrogen-bond acceptors (Lipinski definition) is 3. The Morgan fingerprint density at radius 3 is 2.44 bits per heavy atom. The average Bonchev–Trinajstić information content (AvgIpc) is 2.81. The fourth-order valence-corrected chi connectivity index (χ4v) is 4.56. The average molecular weight is 486 g/mol. The highest BCUT2D eigenvalue weighted by molar-refractivity contribution is 6.31. The number of benzene rings is 3. The summed E-state index contributed by atoms with van der Waals surface area (Å²) in [5, 5.41) is 9.83. The van der Waals surface area contributed by atoms with Crippen LogP contribution >= 0.6 is 11.6 Å². The quantitative estimate of drug-likeness (QED) is 0.408. The zero-order valence-corrected chi connectivity index (χ0v) is 19.1. The van der Waals surface area contributed by atoms with Crippen molar-refractivity contribution in [3.8, 4) is 11.1 Å². The summed E-state index contributed by atoms with van der Waals surface area (Å²) in [5.41, 5.74) is 2.39. The number of hydrogen-bond donors (Lipinski definition) is 1. The lowest BCUT2D eigenvalue weighted by Crippen LogP contribution is -2.42. The van der Waals surface area contributed by atoms with E-state index in [4.69, 9.17) is 11.6 Å². The summed E-state index contributed by atoms with van der Waals surface area (Å²) in [5.74, 6) is -0.922. The van der Waals surface area contributed by atoms with Gasteiger partial charge in [-0.15, -0.1) is 0 Å². The van der Waals surface area contributed by atoms with Crippen molar-refractivity contribution in [2.24, 2.45) is 5.92 Å². The summed E-state index contributed by atoms with van der Waals surface area (Å²) in [7, 11) is 0. The number of nitrogens with zero attached hydrogens (tertiary/aromatic N) is 1. The molecule has 1 N–H and O–H groups in total. The number of carbonyl (C=O) groups excluding carboxylic acids is 1. The van der Waals surface area contributed by atoms with Crippen molar-refractivity contribution in [2.45, 2.75) is 32.0 Å². The molecule has 1 heterocycles. The molecule has 34 heavy (non-hydrogen) atoms. The van der Waals surface area contributed by atoms with Gasteiger partial charge in [0, 0.05) is 18.2 Å². The van der Waals surface area contributed by atoms with E-state index in [9.17, 15) is 23.1 Å². The minimum absolute atomic E-state index is 0.0543. The van der Waals surface area contributed by atoms with E-state index in [2.05, 4.69) is 0 Å². The Morgan fingerprint density at radius 1 is 1.03 bits per heavy atom. The number of alkyl halides is 3. The van der Waals surface area contributed by atoms with Crippen LogP contribution in [0.2, 0.25) is 5.02 Å². The van der Waals surface area contributed by atoms with Crippen LogP contribution in [0.5, 0.6) is 0 Å². The molecular weight excluding hydrogens is 463 g/mol. The SMILES string of the molecule is CC(Cc1ccc(Cl)c(C(F)(F)F)c1)C1CC(=O)C(O)=CN1c1cccc(-c2ccccc2)c1. The van der Waals surface area contributed by atoms with Crippen LogP contribution in [0.3, 0.4) is 0 Å². The second-order valence-corrected chi connectivity index (χ2v) is 8.93. The Labute approximate surface area is 201 Å². The number of ketones is 1. The summed E-state index contributed by atoms with van der Waals surface area (Å²) in [4.78, 5) is 14.2. The molecule has 2 atom stereocenters. The molecule has 0 aliphatic carbocycles. The highest BCUT2D eigenvalue weighted by Gasteiger charge is 2.35. The molecule has 0 fully saturated rings. The predicted octanol–water partition coefficient (Wildman–Crippen LogP) is 7.45. The van der Waals surface area contributed by atoms with Gasteiger partial charge in [-0.1, -0.05) is 67.1 Å². The first kappa shape index (κ1) is 23.9. The van der Waals surface area contributed by atoms with Crippen LogP contribution in [0.1, 0.15) is 24.5 Å². The topological polar surface area (TPSA) is 40.5 Å². The maximum atomic E-state index is 13.3. The van der Waals surface area contributed by atoms with E-state index in [1.807, 2.05) is 66.4 Å². The number of aliphatic hydroxyl groups is 1. The maximum absolute atomic E-state index is 13.3. The highest BCUT2D eigenvalue weighted by atomic mass is 35.5. The second-order valence-electron chi connectivity index (χ2n) is 8.53. The van der Waals surface area contributed by atoms with Gasteiger partial charge < -0.3 is 10.0 Å².